The van der Waals surface area contributed by atoms with Gasteiger partial charge in [0, 0.05) is 5.56 Å². The van der Waals surface area contributed by atoms with Gasteiger partial charge in [-0.2, -0.15) is 9.97 Å². The molecule has 162 valence electrons. The standard InChI is InChI=1S/C22H24ClN5O3/c1-2-31-17(29)12-28-13-24-18-19(23)25-22(26-20(18)28)27-21(30)16-10-8-15(9-11-16)14-6-4-3-5-7-14/h8-11,13-14H,2-7,12H2,1H3,(H,25,26,27,30). The van der Waals surface area contributed by atoms with Crippen LogP contribution >= 0.6 is 11.6 Å². The van der Waals surface area contributed by atoms with E-state index in [1.807, 2.05) is 24.3 Å². The molecule has 1 N–H and O–H groups in total. The van der Waals surface area contributed by atoms with Crippen molar-refractivity contribution < 1.29 is 14.3 Å². The van der Waals surface area contributed by atoms with E-state index in [0.717, 1.165) is 0 Å². The van der Waals surface area contributed by atoms with Gasteiger partial charge in [0.05, 0.1) is 12.9 Å². The Labute approximate surface area is 185 Å². The first-order valence-corrected chi connectivity index (χ1v) is 10.9. The van der Waals surface area contributed by atoms with Gasteiger partial charge in [-0.15, -0.1) is 0 Å². The Morgan fingerprint density at radius 3 is 2.61 bits per heavy atom. The minimum Gasteiger partial charge on any atom is -0.465 e. The van der Waals surface area contributed by atoms with Crippen LogP contribution in [0.3, 0.4) is 0 Å². The second kappa shape index (κ2) is 9.43. The van der Waals surface area contributed by atoms with Crippen molar-refractivity contribution in [1.29, 1.82) is 0 Å². The molecule has 9 heteroatoms. The van der Waals surface area contributed by atoms with Crippen molar-refractivity contribution in [2.75, 3.05) is 11.9 Å². The highest BCUT2D eigenvalue weighted by molar-refractivity contribution is 6.33. The van der Waals surface area contributed by atoms with Gasteiger partial charge in [-0.25, -0.2) is 4.98 Å². The van der Waals surface area contributed by atoms with Gasteiger partial charge < -0.3 is 9.30 Å². The lowest BCUT2D eigenvalue weighted by Gasteiger charge is -2.22. The third-order valence-electron chi connectivity index (χ3n) is 5.50. The minimum atomic E-state index is -0.417. The fraction of sp³-hybridized carbons (Fsp3) is 0.409. The van der Waals surface area contributed by atoms with E-state index < -0.39 is 5.97 Å². The fourth-order valence-electron chi connectivity index (χ4n) is 3.94. The number of carbonyl (C=O) groups excluding carboxylic acids is 2. The maximum atomic E-state index is 12.7. The topological polar surface area (TPSA) is 99.0 Å². The molecule has 0 saturated heterocycles. The Kier molecular flexibility index (Phi) is 6.46. The van der Waals surface area contributed by atoms with Crippen molar-refractivity contribution >= 4 is 40.6 Å². The van der Waals surface area contributed by atoms with Gasteiger partial charge >= 0.3 is 5.97 Å². The molecule has 0 unspecified atom stereocenters. The third-order valence-corrected chi connectivity index (χ3v) is 5.76. The molecule has 31 heavy (non-hydrogen) atoms. The Bertz CT molecular complexity index is 1090. The molecular formula is C22H24ClN5O3. The van der Waals surface area contributed by atoms with Crippen molar-refractivity contribution in [3.05, 3.63) is 46.9 Å². The van der Waals surface area contributed by atoms with Crippen LogP contribution in [0.25, 0.3) is 11.2 Å². The van der Waals surface area contributed by atoms with Gasteiger partial charge in [0.2, 0.25) is 5.95 Å². The zero-order chi connectivity index (χ0) is 21.8. The molecule has 0 radical (unpaired) electrons. The predicted molar refractivity (Wildman–Crippen MR) is 117 cm³/mol. The molecule has 0 spiro atoms. The molecular weight excluding hydrogens is 418 g/mol. The largest absolute Gasteiger partial charge is 0.465 e. The maximum absolute atomic E-state index is 12.7. The highest BCUT2D eigenvalue weighted by atomic mass is 35.5. The number of ether oxygens (including phenoxy) is 1. The van der Waals surface area contributed by atoms with E-state index in [-0.39, 0.29) is 30.2 Å². The monoisotopic (exact) mass is 441 g/mol. The maximum Gasteiger partial charge on any atom is 0.326 e. The molecule has 4 rings (SSSR count). The first-order chi connectivity index (χ1) is 15.0. The van der Waals surface area contributed by atoms with Crippen LogP contribution in [0.15, 0.2) is 30.6 Å². The number of nitrogens with zero attached hydrogens (tertiary/aromatic N) is 4. The number of carbonyl (C=O) groups is 2. The van der Waals surface area contributed by atoms with Crippen molar-refractivity contribution in [3.63, 3.8) is 0 Å². The zero-order valence-electron chi connectivity index (χ0n) is 17.3. The molecule has 8 nitrogen and oxygen atoms in total. The second-order valence-corrected chi connectivity index (χ2v) is 7.96. The van der Waals surface area contributed by atoms with E-state index in [4.69, 9.17) is 16.3 Å². The highest BCUT2D eigenvalue weighted by Gasteiger charge is 2.18. The average Bonchev–Trinajstić information content (AvgIpc) is 3.17. The van der Waals surface area contributed by atoms with Crippen LogP contribution in [0.2, 0.25) is 5.15 Å². The molecule has 2 aromatic heterocycles. The van der Waals surface area contributed by atoms with Gasteiger partial charge in [-0.1, -0.05) is 43.0 Å². The number of rotatable bonds is 6. The summed E-state index contributed by atoms with van der Waals surface area (Å²) in [7, 11) is 0. The fourth-order valence-corrected chi connectivity index (χ4v) is 4.16. The van der Waals surface area contributed by atoms with E-state index in [2.05, 4.69) is 20.3 Å². The second-order valence-electron chi connectivity index (χ2n) is 7.60. The summed E-state index contributed by atoms with van der Waals surface area (Å²) in [5.41, 5.74) is 2.48. The van der Waals surface area contributed by atoms with Crippen LogP contribution in [-0.2, 0) is 16.1 Å². The van der Waals surface area contributed by atoms with Gasteiger partial charge in [-0.05, 0) is 43.4 Å². The van der Waals surface area contributed by atoms with Crippen LogP contribution in [0.5, 0.6) is 0 Å². The molecule has 1 saturated carbocycles. The first-order valence-electron chi connectivity index (χ1n) is 10.5. The van der Waals surface area contributed by atoms with Crippen LogP contribution in [0.1, 0.15) is 60.9 Å². The summed E-state index contributed by atoms with van der Waals surface area (Å²) in [5.74, 6) is -0.123. The normalized spacial score (nSPS) is 14.5. The number of nitrogens with one attached hydrogen (secondary N) is 1. The number of anilines is 1. The van der Waals surface area contributed by atoms with Gasteiger partial charge in [-0.3, -0.25) is 14.9 Å². The van der Waals surface area contributed by atoms with E-state index in [0.29, 0.717) is 22.6 Å². The molecule has 0 atom stereocenters. The Hall–Kier alpha value is -3.00. The van der Waals surface area contributed by atoms with E-state index in [9.17, 15) is 9.59 Å². The lowest BCUT2D eigenvalue weighted by Crippen LogP contribution is -2.16. The summed E-state index contributed by atoms with van der Waals surface area (Å²) < 4.78 is 6.48. The number of amides is 1. The molecule has 2 heterocycles. The van der Waals surface area contributed by atoms with Crippen molar-refractivity contribution in [3.8, 4) is 0 Å². The molecule has 1 aliphatic rings. The number of fused-ring (bicyclic) bond motifs is 1. The number of halogens is 1. The number of hydrogen-bond donors (Lipinski definition) is 1. The molecule has 1 fully saturated rings. The minimum absolute atomic E-state index is 0.0458. The van der Waals surface area contributed by atoms with Crippen molar-refractivity contribution in [2.24, 2.45) is 0 Å². The van der Waals surface area contributed by atoms with E-state index >= 15 is 0 Å². The van der Waals surface area contributed by atoms with Crippen LogP contribution < -0.4 is 5.32 Å². The molecule has 1 aliphatic carbocycles. The van der Waals surface area contributed by atoms with Crippen LogP contribution in [-0.4, -0.2) is 38.0 Å². The molecule has 3 aromatic rings. The molecule has 1 aromatic carbocycles. The Morgan fingerprint density at radius 2 is 1.90 bits per heavy atom. The summed E-state index contributed by atoms with van der Waals surface area (Å²) in [6, 6.07) is 7.70. The first kappa shape index (κ1) is 21.2. The molecule has 1 amide bonds. The van der Waals surface area contributed by atoms with E-state index in [1.165, 1.54) is 48.6 Å². The Balaban J connectivity index is 1.51. The van der Waals surface area contributed by atoms with Gasteiger partial charge in [0.25, 0.3) is 5.91 Å². The smallest absolute Gasteiger partial charge is 0.326 e. The Morgan fingerprint density at radius 1 is 1.16 bits per heavy atom. The third kappa shape index (κ3) is 4.85. The lowest BCUT2D eigenvalue weighted by molar-refractivity contribution is -0.143. The number of imidazole rings is 1. The lowest BCUT2D eigenvalue weighted by atomic mass is 9.84. The summed E-state index contributed by atoms with van der Waals surface area (Å²) in [6.07, 6.45) is 7.69. The molecule has 0 aliphatic heterocycles. The van der Waals surface area contributed by atoms with Crippen molar-refractivity contribution in [2.45, 2.75) is 51.5 Å². The average molecular weight is 442 g/mol. The van der Waals surface area contributed by atoms with Crippen molar-refractivity contribution in [1.82, 2.24) is 19.5 Å². The number of aromatic nitrogens is 4. The number of benzene rings is 1. The SMILES string of the molecule is CCOC(=O)Cn1cnc2c(Cl)nc(NC(=O)c3ccc(C4CCCCC4)cc3)nc21. The quantitative estimate of drug-likeness (QED) is 0.451. The summed E-state index contributed by atoms with van der Waals surface area (Å²) in [6.45, 7) is 1.95. The predicted octanol–water partition coefficient (Wildman–Crippen LogP) is 4.34. The van der Waals surface area contributed by atoms with Gasteiger partial charge in [0.1, 0.15) is 12.1 Å². The zero-order valence-corrected chi connectivity index (χ0v) is 18.1. The number of hydrogen-bond acceptors (Lipinski definition) is 6. The van der Waals surface area contributed by atoms with Crippen LogP contribution in [0.4, 0.5) is 5.95 Å². The summed E-state index contributed by atoms with van der Waals surface area (Å²) in [4.78, 5) is 37.1. The van der Waals surface area contributed by atoms with Crippen LogP contribution in [0, 0.1) is 0 Å². The number of esters is 1. The molecule has 0 bridgehead atoms. The van der Waals surface area contributed by atoms with E-state index in [1.54, 1.807) is 6.92 Å². The highest BCUT2D eigenvalue weighted by Crippen LogP contribution is 2.32. The van der Waals surface area contributed by atoms with Gasteiger partial charge in [0.15, 0.2) is 10.8 Å². The summed E-state index contributed by atoms with van der Waals surface area (Å²) in [5, 5.41) is 2.78. The summed E-state index contributed by atoms with van der Waals surface area (Å²) >= 11 is 6.22.